The normalized spacial score (nSPS) is 11.4. The van der Waals surface area contributed by atoms with Crippen LogP contribution in [-0.2, 0) is 12.6 Å². The Morgan fingerprint density at radius 3 is 2.53 bits per heavy atom. The van der Waals surface area contributed by atoms with Crippen molar-refractivity contribution in [3.05, 3.63) is 105 Å². The van der Waals surface area contributed by atoms with Gasteiger partial charge in [-0.1, -0.05) is 41.9 Å². The van der Waals surface area contributed by atoms with E-state index in [2.05, 4.69) is 10.3 Å². The third-order valence-electron chi connectivity index (χ3n) is 5.13. The van der Waals surface area contributed by atoms with E-state index in [1.54, 1.807) is 12.1 Å². The zero-order chi connectivity index (χ0) is 24.3. The lowest BCUT2D eigenvalue weighted by atomic mass is 10.1. The van der Waals surface area contributed by atoms with Gasteiger partial charge in [0.25, 0.3) is 5.91 Å². The average molecular weight is 487 g/mol. The maximum atomic E-state index is 12.9. The monoisotopic (exact) mass is 486 g/mol. The van der Waals surface area contributed by atoms with Crippen LogP contribution < -0.4 is 15.5 Å². The molecular formula is C25H18ClF3N2O3. The van der Waals surface area contributed by atoms with E-state index in [4.69, 9.17) is 16.3 Å². The van der Waals surface area contributed by atoms with Crippen LogP contribution in [0.15, 0.2) is 77.7 Å². The molecule has 174 valence electrons. The third kappa shape index (κ3) is 5.23. The van der Waals surface area contributed by atoms with Gasteiger partial charge in [0.15, 0.2) is 0 Å². The zero-order valence-electron chi connectivity index (χ0n) is 17.6. The predicted octanol–water partition coefficient (Wildman–Crippen LogP) is 6.07. The van der Waals surface area contributed by atoms with Gasteiger partial charge in [0.05, 0.1) is 17.9 Å². The fraction of sp³-hybridized carbons (Fsp3) is 0.120. The first-order valence-corrected chi connectivity index (χ1v) is 10.6. The van der Waals surface area contributed by atoms with Gasteiger partial charge in [0, 0.05) is 28.5 Å². The molecule has 0 aliphatic carbocycles. The van der Waals surface area contributed by atoms with E-state index in [0.717, 1.165) is 30.0 Å². The van der Waals surface area contributed by atoms with Gasteiger partial charge in [-0.3, -0.25) is 9.59 Å². The van der Waals surface area contributed by atoms with E-state index < -0.39 is 23.1 Å². The molecule has 0 unspecified atom stereocenters. The van der Waals surface area contributed by atoms with E-state index in [1.807, 2.05) is 30.3 Å². The molecular weight excluding hydrogens is 469 g/mol. The number of H-pyrrole nitrogens is 1. The number of carbonyl (C=O) groups is 1. The highest BCUT2D eigenvalue weighted by molar-refractivity contribution is 6.31. The number of benzene rings is 3. The molecule has 4 rings (SSSR count). The quantitative estimate of drug-likeness (QED) is 0.347. The molecule has 0 saturated carbocycles. The first kappa shape index (κ1) is 23.4. The number of hydrogen-bond acceptors (Lipinski definition) is 3. The maximum absolute atomic E-state index is 12.9. The van der Waals surface area contributed by atoms with E-state index >= 15 is 0 Å². The molecule has 4 aromatic rings. The number of aromatic nitrogens is 1. The summed E-state index contributed by atoms with van der Waals surface area (Å²) >= 11 is 6.07. The highest BCUT2D eigenvalue weighted by atomic mass is 35.5. The molecule has 0 fully saturated rings. The predicted molar refractivity (Wildman–Crippen MR) is 125 cm³/mol. The Hall–Kier alpha value is -3.78. The molecule has 1 aromatic heterocycles. The Labute approximate surface area is 197 Å². The lowest BCUT2D eigenvalue weighted by Gasteiger charge is -2.13. The Balaban J connectivity index is 1.55. The number of carbonyl (C=O) groups excluding carboxylic acids is 1. The summed E-state index contributed by atoms with van der Waals surface area (Å²) in [6.07, 6.45) is -2.83. The number of pyridine rings is 1. The Bertz CT molecular complexity index is 1400. The Kier molecular flexibility index (Phi) is 6.61. The molecule has 0 spiro atoms. The van der Waals surface area contributed by atoms with Gasteiger partial charge in [-0.25, -0.2) is 0 Å². The number of aromatic amines is 1. The van der Waals surface area contributed by atoms with Crippen molar-refractivity contribution in [3.8, 4) is 5.75 Å². The summed E-state index contributed by atoms with van der Waals surface area (Å²) in [5, 5.41) is 2.92. The van der Waals surface area contributed by atoms with Crippen molar-refractivity contribution in [1.82, 2.24) is 4.98 Å². The van der Waals surface area contributed by atoms with Gasteiger partial charge in [-0.05, 0) is 42.0 Å². The molecule has 0 aliphatic heterocycles. The number of fused-ring (bicyclic) bond motifs is 1. The van der Waals surface area contributed by atoms with E-state index in [9.17, 15) is 22.8 Å². The summed E-state index contributed by atoms with van der Waals surface area (Å²) in [6.45, 7) is 0.340. The molecule has 34 heavy (non-hydrogen) atoms. The summed E-state index contributed by atoms with van der Waals surface area (Å²) in [5.74, 6) is -0.390. The van der Waals surface area contributed by atoms with Gasteiger partial charge >= 0.3 is 6.18 Å². The van der Waals surface area contributed by atoms with Crippen LogP contribution in [0.5, 0.6) is 5.75 Å². The molecule has 9 heteroatoms. The van der Waals surface area contributed by atoms with Crippen molar-refractivity contribution in [3.63, 3.8) is 0 Å². The topological polar surface area (TPSA) is 71.2 Å². The van der Waals surface area contributed by atoms with Crippen LogP contribution in [0.25, 0.3) is 10.9 Å². The van der Waals surface area contributed by atoms with Crippen molar-refractivity contribution in [2.24, 2.45) is 0 Å². The number of hydrogen-bond donors (Lipinski definition) is 2. The highest BCUT2D eigenvalue weighted by Crippen LogP contribution is 2.31. The molecule has 0 saturated heterocycles. The van der Waals surface area contributed by atoms with Gasteiger partial charge in [-0.2, -0.15) is 13.2 Å². The second-order valence-corrected chi connectivity index (χ2v) is 7.90. The number of anilines is 1. The highest BCUT2D eigenvalue weighted by Gasteiger charge is 2.30. The maximum Gasteiger partial charge on any atom is 0.416 e. The molecule has 0 bridgehead atoms. The smallest absolute Gasteiger partial charge is 0.416 e. The van der Waals surface area contributed by atoms with E-state index in [-0.39, 0.29) is 22.2 Å². The van der Waals surface area contributed by atoms with Crippen LogP contribution in [0.1, 0.15) is 21.5 Å². The summed E-state index contributed by atoms with van der Waals surface area (Å²) < 4.78 is 44.6. The molecule has 5 nitrogen and oxygen atoms in total. The molecule has 0 aliphatic rings. The van der Waals surface area contributed by atoms with Crippen LogP contribution in [0.3, 0.4) is 0 Å². The lowest BCUT2D eigenvalue weighted by Crippen LogP contribution is -2.22. The lowest BCUT2D eigenvalue weighted by molar-refractivity contribution is -0.137. The van der Waals surface area contributed by atoms with Crippen molar-refractivity contribution in [1.29, 1.82) is 0 Å². The van der Waals surface area contributed by atoms with Gasteiger partial charge in [0.1, 0.15) is 11.3 Å². The second-order valence-electron chi connectivity index (χ2n) is 7.47. The van der Waals surface area contributed by atoms with Crippen LogP contribution in [0, 0.1) is 0 Å². The fourth-order valence-corrected chi connectivity index (χ4v) is 3.58. The summed E-state index contributed by atoms with van der Waals surface area (Å²) in [7, 11) is 0. The standard InChI is InChI=1S/C25H18ClF3N2O3/c26-17-7-9-22(34-11-10-15-4-2-1-3-5-15)21(13-17)31-24(33)19-14-30-20-12-16(25(27,28)29)6-8-18(20)23(19)32/h1-9,12-14H,10-11H2,(H,30,32)(H,31,33). The third-order valence-corrected chi connectivity index (χ3v) is 5.37. The summed E-state index contributed by atoms with van der Waals surface area (Å²) in [6, 6.07) is 17.1. The zero-order valence-corrected chi connectivity index (χ0v) is 18.3. The molecule has 0 atom stereocenters. The first-order chi connectivity index (χ1) is 16.2. The number of rotatable bonds is 6. The van der Waals surface area contributed by atoms with Crippen molar-refractivity contribution >= 4 is 34.1 Å². The van der Waals surface area contributed by atoms with Crippen LogP contribution in [0.2, 0.25) is 5.02 Å². The van der Waals surface area contributed by atoms with Crippen molar-refractivity contribution in [2.75, 3.05) is 11.9 Å². The molecule has 1 amide bonds. The van der Waals surface area contributed by atoms with Crippen LogP contribution >= 0.6 is 11.6 Å². The fourth-order valence-electron chi connectivity index (χ4n) is 3.41. The minimum absolute atomic E-state index is 0.0240. The Morgan fingerprint density at radius 2 is 1.79 bits per heavy atom. The second kappa shape index (κ2) is 9.61. The van der Waals surface area contributed by atoms with Gasteiger partial charge in [0.2, 0.25) is 5.43 Å². The number of ether oxygens (including phenoxy) is 1. The van der Waals surface area contributed by atoms with Crippen molar-refractivity contribution in [2.45, 2.75) is 12.6 Å². The van der Waals surface area contributed by atoms with Gasteiger partial charge in [-0.15, -0.1) is 0 Å². The first-order valence-electron chi connectivity index (χ1n) is 10.2. The van der Waals surface area contributed by atoms with Crippen LogP contribution in [-0.4, -0.2) is 17.5 Å². The van der Waals surface area contributed by atoms with E-state index in [0.29, 0.717) is 23.8 Å². The van der Waals surface area contributed by atoms with Crippen LogP contribution in [0.4, 0.5) is 18.9 Å². The van der Waals surface area contributed by atoms with E-state index in [1.165, 1.54) is 6.07 Å². The number of nitrogens with one attached hydrogen (secondary N) is 2. The molecule has 0 radical (unpaired) electrons. The number of amides is 1. The van der Waals surface area contributed by atoms with Crippen molar-refractivity contribution < 1.29 is 22.7 Å². The number of alkyl halides is 3. The number of halogens is 4. The SMILES string of the molecule is O=C(Nc1cc(Cl)ccc1OCCc1ccccc1)c1c[nH]c2cc(C(F)(F)F)ccc2c1=O. The minimum atomic E-state index is -4.55. The Morgan fingerprint density at radius 1 is 1.03 bits per heavy atom. The summed E-state index contributed by atoms with van der Waals surface area (Å²) in [4.78, 5) is 28.2. The minimum Gasteiger partial charge on any atom is -0.491 e. The largest absolute Gasteiger partial charge is 0.491 e. The molecule has 2 N–H and O–H groups in total. The average Bonchev–Trinajstić information content (AvgIpc) is 2.80. The summed E-state index contributed by atoms with van der Waals surface area (Å²) in [5.41, 5.74) is -0.542. The molecule has 1 heterocycles. The van der Waals surface area contributed by atoms with Gasteiger partial charge < -0.3 is 15.0 Å². The molecule has 3 aromatic carbocycles.